The standard InChI is InChI=1S/C21H20N2O3S/c1-22-10-2-4-17(22)13-23(14-18-5-3-11-27-18)21(24)9-7-16-6-8-19-20(12-16)26-15-25-19/h2-12H,13-15H2,1H3. The van der Waals surface area contributed by atoms with Crippen LogP contribution in [0, 0.1) is 0 Å². The maximum atomic E-state index is 12.9. The molecule has 1 aliphatic heterocycles. The molecule has 0 spiro atoms. The van der Waals surface area contributed by atoms with Crippen molar-refractivity contribution < 1.29 is 14.3 Å². The van der Waals surface area contributed by atoms with Gasteiger partial charge in [-0.1, -0.05) is 12.1 Å². The van der Waals surface area contributed by atoms with Crippen LogP contribution in [0.15, 0.2) is 60.1 Å². The number of aryl methyl sites for hydroxylation is 1. The summed E-state index contributed by atoms with van der Waals surface area (Å²) in [6.45, 7) is 1.39. The van der Waals surface area contributed by atoms with Gasteiger partial charge >= 0.3 is 0 Å². The maximum Gasteiger partial charge on any atom is 0.247 e. The fourth-order valence-corrected chi connectivity index (χ4v) is 3.67. The molecular formula is C21H20N2O3S. The topological polar surface area (TPSA) is 43.7 Å². The maximum absolute atomic E-state index is 12.9. The summed E-state index contributed by atoms with van der Waals surface area (Å²) in [5.41, 5.74) is 2.00. The predicted molar refractivity (Wildman–Crippen MR) is 106 cm³/mol. The molecular weight excluding hydrogens is 360 g/mol. The van der Waals surface area contributed by atoms with E-state index < -0.39 is 0 Å². The largest absolute Gasteiger partial charge is 0.454 e. The van der Waals surface area contributed by atoms with E-state index in [0.717, 1.165) is 21.9 Å². The van der Waals surface area contributed by atoms with Crippen LogP contribution in [-0.2, 0) is 24.9 Å². The summed E-state index contributed by atoms with van der Waals surface area (Å²) >= 11 is 1.66. The predicted octanol–water partition coefficient (Wildman–Crippen LogP) is 4.06. The Hall–Kier alpha value is -2.99. The number of rotatable bonds is 6. The Labute approximate surface area is 162 Å². The Morgan fingerprint density at radius 2 is 2.07 bits per heavy atom. The molecule has 3 aromatic rings. The lowest BCUT2D eigenvalue weighted by Crippen LogP contribution is -2.29. The van der Waals surface area contributed by atoms with Crippen molar-refractivity contribution in [2.75, 3.05) is 6.79 Å². The number of carbonyl (C=O) groups excluding carboxylic acids is 1. The third kappa shape index (κ3) is 4.06. The second-order valence-electron chi connectivity index (χ2n) is 6.33. The highest BCUT2D eigenvalue weighted by molar-refractivity contribution is 7.09. The van der Waals surface area contributed by atoms with Crippen molar-refractivity contribution in [3.63, 3.8) is 0 Å². The minimum absolute atomic E-state index is 0.0257. The second kappa shape index (κ2) is 7.72. The number of hydrogen-bond acceptors (Lipinski definition) is 4. The van der Waals surface area contributed by atoms with Gasteiger partial charge in [-0.15, -0.1) is 11.3 Å². The smallest absolute Gasteiger partial charge is 0.247 e. The van der Waals surface area contributed by atoms with E-state index in [9.17, 15) is 4.79 Å². The first-order valence-corrected chi connectivity index (χ1v) is 9.56. The lowest BCUT2D eigenvalue weighted by molar-refractivity contribution is -0.127. The summed E-state index contributed by atoms with van der Waals surface area (Å²) in [5, 5.41) is 2.03. The van der Waals surface area contributed by atoms with Crippen LogP contribution in [0.3, 0.4) is 0 Å². The third-order valence-electron chi connectivity index (χ3n) is 4.46. The van der Waals surface area contributed by atoms with Crippen LogP contribution in [0.5, 0.6) is 11.5 Å². The molecule has 3 heterocycles. The van der Waals surface area contributed by atoms with Gasteiger partial charge in [-0.2, -0.15) is 0 Å². The van der Waals surface area contributed by atoms with E-state index in [1.807, 2.05) is 70.6 Å². The number of fused-ring (bicyclic) bond motifs is 1. The van der Waals surface area contributed by atoms with Gasteiger partial charge in [0.05, 0.1) is 13.1 Å². The summed E-state index contributed by atoms with van der Waals surface area (Å²) in [6, 6.07) is 13.7. The van der Waals surface area contributed by atoms with Crippen LogP contribution < -0.4 is 9.47 Å². The molecule has 1 aliphatic rings. The van der Waals surface area contributed by atoms with Gasteiger partial charge in [0, 0.05) is 29.9 Å². The van der Waals surface area contributed by atoms with E-state index in [0.29, 0.717) is 18.8 Å². The number of ether oxygens (including phenoxy) is 2. The summed E-state index contributed by atoms with van der Waals surface area (Å²) in [5.74, 6) is 1.42. The molecule has 0 saturated carbocycles. The van der Waals surface area contributed by atoms with Crippen molar-refractivity contribution in [3.05, 3.63) is 76.3 Å². The average molecular weight is 380 g/mol. The first kappa shape index (κ1) is 17.4. The highest BCUT2D eigenvalue weighted by Gasteiger charge is 2.15. The number of amides is 1. The quantitative estimate of drug-likeness (QED) is 0.606. The Balaban J connectivity index is 1.51. The summed E-state index contributed by atoms with van der Waals surface area (Å²) < 4.78 is 12.8. The molecule has 0 radical (unpaired) electrons. The third-order valence-corrected chi connectivity index (χ3v) is 5.32. The van der Waals surface area contributed by atoms with E-state index in [1.54, 1.807) is 17.4 Å². The molecule has 0 aliphatic carbocycles. The van der Waals surface area contributed by atoms with Gasteiger partial charge in [0.1, 0.15) is 0 Å². The van der Waals surface area contributed by atoms with E-state index in [4.69, 9.17) is 9.47 Å². The average Bonchev–Trinajstić information content (AvgIpc) is 3.41. The van der Waals surface area contributed by atoms with E-state index in [1.165, 1.54) is 0 Å². The number of aromatic nitrogens is 1. The molecule has 138 valence electrons. The molecule has 0 atom stereocenters. The van der Waals surface area contributed by atoms with Crippen LogP contribution in [0.1, 0.15) is 16.1 Å². The van der Waals surface area contributed by atoms with Crippen molar-refractivity contribution in [2.24, 2.45) is 7.05 Å². The fraction of sp³-hybridized carbons (Fsp3) is 0.190. The Morgan fingerprint density at radius 3 is 2.85 bits per heavy atom. The zero-order valence-corrected chi connectivity index (χ0v) is 15.8. The second-order valence-corrected chi connectivity index (χ2v) is 7.36. The van der Waals surface area contributed by atoms with E-state index in [-0.39, 0.29) is 12.7 Å². The van der Waals surface area contributed by atoms with Crippen molar-refractivity contribution in [3.8, 4) is 11.5 Å². The minimum atomic E-state index is -0.0257. The van der Waals surface area contributed by atoms with Crippen LogP contribution >= 0.6 is 11.3 Å². The van der Waals surface area contributed by atoms with E-state index >= 15 is 0 Å². The highest BCUT2D eigenvalue weighted by Crippen LogP contribution is 2.32. The molecule has 27 heavy (non-hydrogen) atoms. The van der Waals surface area contributed by atoms with Gasteiger partial charge in [0.2, 0.25) is 12.7 Å². The first-order valence-electron chi connectivity index (χ1n) is 8.68. The van der Waals surface area contributed by atoms with Gasteiger partial charge in [-0.3, -0.25) is 4.79 Å². The van der Waals surface area contributed by atoms with Gasteiger partial charge in [0.25, 0.3) is 0 Å². The molecule has 0 unspecified atom stereocenters. The summed E-state index contributed by atoms with van der Waals surface area (Å²) in [6.07, 6.45) is 5.43. The van der Waals surface area contributed by atoms with Crippen molar-refractivity contribution in [1.82, 2.24) is 9.47 Å². The van der Waals surface area contributed by atoms with Gasteiger partial charge in [-0.25, -0.2) is 0 Å². The van der Waals surface area contributed by atoms with Gasteiger partial charge in [-0.05, 0) is 47.4 Å². The zero-order valence-electron chi connectivity index (χ0n) is 15.0. The lowest BCUT2D eigenvalue weighted by Gasteiger charge is -2.21. The molecule has 0 bridgehead atoms. The monoisotopic (exact) mass is 380 g/mol. The van der Waals surface area contributed by atoms with Gasteiger partial charge in [0.15, 0.2) is 11.5 Å². The van der Waals surface area contributed by atoms with Crippen LogP contribution in [0.4, 0.5) is 0 Å². The molecule has 1 amide bonds. The lowest BCUT2D eigenvalue weighted by atomic mass is 10.2. The normalized spacial score (nSPS) is 12.6. The van der Waals surface area contributed by atoms with Crippen LogP contribution in [-0.4, -0.2) is 22.2 Å². The molecule has 4 rings (SSSR count). The van der Waals surface area contributed by atoms with Crippen molar-refractivity contribution in [1.29, 1.82) is 0 Å². The first-order chi connectivity index (χ1) is 13.2. The van der Waals surface area contributed by atoms with Crippen molar-refractivity contribution >= 4 is 23.3 Å². The van der Waals surface area contributed by atoms with Crippen LogP contribution in [0.2, 0.25) is 0 Å². The highest BCUT2D eigenvalue weighted by atomic mass is 32.1. The van der Waals surface area contributed by atoms with Crippen molar-refractivity contribution in [2.45, 2.75) is 13.1 Å². The molecule has 5 nitrogen and oxygen atoms in total. The fourth-order valence-electron chi connectivity index (χ4n) is 2.95. The number of hydrogen-bond donors (Lipinski definition) is 0. The molecule has 1 aromatic carbocycles. The molecule has 2 aromatic heterocycles. The Bertz CT molecular complexity index is 960. The number of nitrogens with zero attached hydrogens (tertiary/aromatic N) is 2. The summed E-state index contributed by atoms with van der Waals surface area (Å²) in [4.78, 5) is 15.9. The molecule has 0 N–H and O–H groups in total. The van der Waals surface area contributed by atoms with Crippen LogP contribution in [0.25, 0.3) is 6.08 Å². The zero-order chi connectivity index (χ0) is 18.6. The molecule has 0 fully saturated rings. The Morgan fingerprint density at radius 1 is 1.19 bits per heavy atom. The minimum Gasteiger partial charge on any atom is -0.454 e. The number of carbonyl (C=O) groups is 1. The number of thiophene rings is 1. The molecule has 0 saturated heterocycles. The van der Waals surface area contributed by atoms with Gasteiger partial charge < -0.3 is 18.9 Å². The molecule has 6 heteroatoms. The SMILES string of the molecule is Cn1cccc1CN(Cc1cccs1)C(=O)C=Cc1ccc2c(c1)OCO2. The van der Waals surface area contributed by atoms with E-state index in [2.05, 4.69) is 6.07 Å². The Kier molecular flexibility index (Phi) is 4.98. The number of benzene rings is 1. The summed E-state index contributed by atoms with van der Waals surface area (Å²) in [7, 11) is 1.99.